The van der Waals surface area contributed by atoms with Crippen LogP contribution in [0.1, 0.15) is 6.92 Å². The van der Waals surface area contributed by atoms with Crippen LogP contribution in [0.15, 0.2) is 12.2 Å². The first-order valence-electron chi connectivity index (χ1n) is 3.35. The number of hydrogen-bond acceptors (Lipinski definition) is 1. The van der Waals surface area contributed by atoms with E-state index in [1.807, 2.05) is 0 Å². The fourth-order valence-corrected chi connectivity index (χ4v) is 0.554. The fourth-order valence-electron chi connectivity index (χ4n) is 0.554. The molecular formula is C7H8F4O2. The van der Waals surface area contributed by atoms with Gasteiger partial charge in [0.05, 0.1) is 0 Å². The molecule has 0 rings (SSSR count). The van der Waals surface area contributed by atoms with Crippen molar-refractivity contribution >= 4 is 5.97 Å². The highest BCUT2D eigenvalue weighted by molar-refractivity contribution is 5.79. The Morgan fingerprint density at radius 2 is 1.92 bits per heavy atom. The number of carboxylic acid groups (broad SMARTS) is 1. The molecule has 0 heterocycles. The first kappa shape index (κ1) is 11.9. The maximum atomic E-state index is 12.4. The lowest BCUT2D eigenvalue weighted by Gasteiger charge is -2.19. The van der Waals surface area contributed by atoms with Gasteiger partial charge in [0.1, 0.15) is 0 Å². The van der Waals surface area contributed by atoms with E-state index < -0.39 is 24.2 Å². The lowest BCUT2D eigenvalue weighted by atomic mass is 10.0. The topological polar surface area (TPSA) is 37.3 Å². The number of carbonyl (C=O) groups is 1. The summed E-state index contributed by atoms with van der Waals surface area (Å²) in [5.74, 6) is -7.44. The van der Waals surface area contributed by atoms with Gasteiger partial charge in [0, 0.05) is 12.0 Å². The van der Waals surface area contributed by atoms with Gasteiger partial charge in [-0.05, 0) is 0 Å². The summed E-state index contributed by atoms with van der Waals surface area (Å²) in [7, 11) is 0. The number of rotatable bonds is 4. The van der Waals surface area contributed by atoms with E-state index >= 15 is 0 Å². The molecule has 0 saturated heterocycles. The average molecular weight is 200 g/mol. The van der Waals surface area contributed by atoms with Crippen molar-refractivity contribution < 1.29 is 27.5 Å². The second-order valence-electron chi connectivity index (χ2n) is 2.46. The van der Waals surface area contributed by atoms with Gasteiger partial charge in [0.15, 0.2) is 0 Å². The maximum Gasteiger partial charge on any atom is 0.327 e. The summed E-state index contributed by atoms with van der Waals surface area (Å²) in [6.45, 7) is 0.825. The number of aliphatic carboxylic acids is 1. The summed E-state index contributed by atoms with van der Waals surface area (Å²) in [4.78, 5) is 9.88. The van der Waals surface area contributed by atoms with E-state index in [4.69, 9.17) is 5.11 Å². The molecule has 1 N–H and O–H groups in total. The van der Waals surface area contributed by atoms with Crippen molar-refractivity contribution in [1.82, 2.24) is 0 Å². The van der Waals surface area contributed by atoms with Gasteiger partial charge in [-0.25, -0.2) is 13.6 Å². The zero-order valence-electron chi connectivity index (χ0n) is 6.68. The molecule has 0 radical (unpaired) electrons. The Kier molecular flexibility index (Phi) is 3.90. The van der Waals surface area contributed by atoms with Crippen molar-refractivity contribution in [2.75, 3.05) is 0 Å². The first-order valence-corrected chi connectivity index (χ1v) is 3.35. The predicted molar refractivity (Wildman–Crippen MR) is 36.9 cm³/mol. The Labute approximate surface area is 71.9 Å². The standard InChI is InChI=1S/C7H8F4O2/c1-4(2-3-5(12)13)7(10,11)6(8)9/h2-4,6H,1H3,(H,12,13). The zero-order chi connectivity index (χ0) is 10.6. The molecule has 1 atom stereocenters. The van der Waals surface area contributed by atoms with Crippen LogP contribution in [0.25, 0.3) is 0 Å². The van der Waals surface area contributed by atoms with Crippen LogP contribution < -0.4 is 0 Å². The van der Waals surface area contributed by atoms with Crippen molar-refractivity contribution in [3.05, 3.63) is 12.2 Å². The second kappa shape index (κ2) is 4.25. The molecule has 6 heteroatoms. The monoisotopic (exact) mass is 200 g/mol. The molecule has 76 valence electrons. The Bertz CT molecular complexity index is 213. The minimum atomic E-state index is -4.19. The van der Waals surface area contributed by atoms with Gasteiger partial charge in [-0.15, -0.1) is 0 Å². The van der Waals surface area contributed by atoms with Crippen LogP contribution in [0, 0.1) is 5.92 Å². The van der Waals surface area contributed by atoms with Crippen LogP contribution >= 0.6 is 0 Å². The maximum absolute atomic E-state index is 12.4. The van der Waals surface area contributed by atoms with E-state index in [1.54, 1.807) is 0 Å². The van der Waals surface area contributed by atoms with Gasteiger partial charge in [-0.3, -0.25) is 0 Å². The number of hydrogen-bond donors (Lipinski definition) is 1. The van der Waals surface area contributed by atoms with Gasteiger partial charge in [0.2, 0.25) is 0 Å². The normalized spacial score (nSPS) is 15.2. The SMILES string of the molecule is CC(C=CC(=O)O)C(F)(F)C(F)F. The molecule has 2 nitrogen and oxygen atoms in total. The Balaban J connectivity index is 4.41. The molecule has 0 bridgehead atoms. The molecular weight excluding hydrogens is 192 g/mol. The molecule has 0 spiro atoms. The smallest absolute Gasteiger partial charge is 0.327 e. The van der Waals surface area contributed by atoms with Crippen LogP contribution in [-0.2, 0) is 4.79 Å². The van der Waals surface area contributed by atoms with Crippen molar-refractivity contribution in [2.45, 2.75) is 19.3 Å². The molecule has 0 aliphatic carbocycles. The molecule has 0 aliphatic rings. The van der Waals surface area contributed by atoms with Gasteiger partial charge in [-0.1, -0.05) is 13.0 Å². The minimum absolute atomic E-state index is 0.418. The third-order valence-electron chi connectivity index (χ3n) is 1.43. The van der Waals surface area contributed by atoms with E-state index in [2.05, 4.69) is 0 Å². The van der Waals surface area contributed by atoms with E-state index in [-0.39, 0.29) is 0 Å². The minimum Gasteiger partial charge on any atom is -0.478 e. The fraction of sp³-hybridized carbons (Fsp3) is 0.571. The Hall–Kier alpha value is -1.07. The van der Waals surface area contributed by atoms with Gasteiger partial charge in [0.25, 0.3) is 0 Å². The van der Waals surface area contributed by atoms with Crippen LogP contribution in [0.4, 0.5) is 17.6 Å². The third kappa shape index (κ3) is 3.43. The molecule has 1 unspecified atom stereocenters. The van der Waals surface area contributed by atoms with Crippen molar-refractivity contribution in [2.24, 2.45) is 5.92 Å². The van der Waals surface area contributed by atoms with Gasteiger partial charge in [-0.2, -0.15) is 8.78 Å². The summed E-state index contributed by atoms with van der Waals surface area (Å²) in [5.41, 5.74) is 0. The quantitative estimate of drug-likeness (QED) is 0.557. The second-order valence-corrected chi connectivity index (χ2v) is 2.46. The van der Waals surface area contributed by atoms with Crippen LogP contribution in [0.5, 0.6) is 0 Å². The summed E-state index contributed by atoms with van der Waals surface area (Å²) in [6.07, 6.45) is -2.84. The van der Waals surface area contributed by atoms with E-state index in [9.17, 15) is 22.4 Å². The van der Waals surface area contributed by atoms with Crippen LogP contribution in [-0.4, -0.2) is 23.4 Å². The molecule has 13 heavy (non-hydrogen) atoms. The summed E-state index contributed by atoms with van der Waals surface area (Å²) < 4.78 is 48.1. The lowest BCUT2D eigenvalue weighted by molar-refractivity contribution is -0.150. The molecule has 0 aromatic rings. The van der Waals surface area contributed by atoms with Gasteiger partial charge < -0.3 is 5.11 Å². The van der Waals surface area contributed by atoms with Crippen molar-refractivity contribution in [1.29, 1.82) is 0 Å². The molecule has 0 aliphatic heterocycles. The van der Waals surface area contributed by atoms with E-state index in [0.29, 0.717) is 12.2 Å². The van der Waals surface area contributed by atoms with Crippen LogP contribution in [0.2, 0.25) is 0 Å². The predicted octanol–water partition coefficient (Wildman–Crippen LogP) is 2.16. The summed E-state index contributed by atoms with van der Waals surface area (Å²) in [5, 5.41) is 8.05. The highest BCUT2D eigenvalue weighted by Crippen LogP contribution is 2.31. The molecule has 0 amide bonds. The molecule has 0 fully saturated rings. The van der Waals surface area contributed by atoms with E-state index in [0.717, 1.165) is 6.92 Å². The average Bonchev–Trinajstić information content (AvgIpc) is 1.99. The van der Waals surface area contributed by atoms with E-state index in [1.165, 1.54) is 0 Å². The third-order valence-corrected chi connectivity index (χ3v) is 1.43. The van der Waals surface area contributed by atoms with Crippen molar-refractivity contribution in [3.8, 4) is 0 Å². The number of halogens is 4. The summed E-state index contributed by atoms with van der Waals surface area (Å²) in [6, 6.07) is 0. The molecule has 0 aromatic heterocycles. The molecule has 0 aromatic carbocycles. The van der Waals surface area contributed by atoms with Gasteiger partial charge >= 0.3 is 18.3 Å². The lowest BCUT2D eigenvalue weighted by Crippen LogP contribution is -2.33. The zero-order valence-corrected chi connectivity index (χ0v) is 6.68. The number of alkyl halides is 4. The molecule has 0 saturated carbocycles. The Morgan fingerprint density at radius 1 is 1.46 bits per heavy atom. The highest BCUT2D eigenvalue weighted by Gasteiger charge is 2.44. The Morgan fingerprint density at radius 3 is 2.23 bits per heavy atom. The summed E-state index contributed by atoms with van der Waals surface area (Å²) >= 11 is 0. The number of carboxylic acids is 1. The van der Waals surface area contributed by atoms with Crippen LogP contribution in [0.3, 0.4) is 0 Å². The van der Waals surface area contributed by atoms with Crippen molar-refractivity contribution in [3.63, 3.8) is 0 Å². The highest BCUT2D eigenvalue weighted by atomic mass is 19.3. The first-order chi connectivity index (χ1) is 5.78. The number of allylic oxidation sites excluding steroid dienone is 1. The largest absolute Gasteiger partial charge is 0.478 e.